The van der Waals surface area contributed by atoms with Crippen LogP contribution in [-0.2, 0) is 4.79 Å². The lowest BCUT2D eigenvalue weighted by atomic mass is 9.89. The highest BCUT2D eigenvalue weighted by Gasteiger charge is 2.53. The molecule has 0 atom stereocenters. The molecule has 3 fully saturated rings. The van der Waals surface area contributed by atoms with Gasteiger partial charge in [-0.3, -0.25) is 4.79 Å². The first-order valence-electron chi connectivity index (χ1n) is 7.06. The number of hydrogen-bond acceptors (Lipinski definition) is 6. The Morgan fingerprint density at radius 3 is 2.75 bits per heavy atom. The van der Waals surface area contributed by atoms with Crippen molar-refractivity contribution in [2.24, 2.45) is 5.92 Å². The van der Waals surface area contributed by atoms with E-state index in [-0.39, 0.29) is 5.91 Å². The van der Waals surface area contributed by atoms with Crippen molar-refractivity contribution in [2.75, 3.05) is 18.8 Å². The third kappa shape index (κ3) is 2.20. The molecule has 0 spiro atoms. The van der Waals surface area contributed by atoms with E-state index in [9.17, 15) is 9.90 Å². The molecule has 2 saturated carbocycles. The zero-order chi connectivity index (χ0) is 13.7. The second kappa shape index (κ2) is 4.42. The minimum absolute atomic E-state index is 0.0608. The van der Waals surface area contributed by atoms with E-state index in [1.807, 2.05) is 4.68 Å². The number of hydrogen-bond donors (Lipinski definition) is 1. The van der Waals surface area contributed by atoms with Crippen LogP contribution in [-0.4, -0.2) is 60.6 Å². The average Bonchev–Trinajstić information content (AvgIpc) is 3.30. The van der Waals surface area contributed by atoms with Crippen LogP contribution in [0.1, 0.15) is 31.7 Å². The standard InChI is InChI=1S/C12H17N5O2S/c18-10(16-6-12(19,7-16)8-1-2-8)5-20-11-13-14-15-17(11)9-3-4-9/h8-9,19H,1-7H2. The minimum atomic E-state index is -0.601. The molecule has 3 aliphatic rings. The summed E-state index contributed by atoms with van der Waals surface area (Å²) in [5.74, 6) is 0.820. The molecular weight excluding hydrogens is 278 g/mol. The summed E-state index contributed by atoms with van der Waals surface area (Å²) >= 11 is 1.39. The number of carbonyl (C=O) groups excluding carboxylic acids is 1. The first kappa shape index (κ1) is 12.6. The molecule has 1 N–H and O–H groups in total. The summed E-state index contributed by atoms with van der Waals surface area (Å²) in [4.78, 5) is 13.8. The van der Waals surface area contributed by atoms with Crippen LogP contribution in [0.5, 0.6) is 0 Å². The van der Waals surface area contributed by atoms with Gasteiger partial charge in [0.1, 0.15) is 5.60 Å². The highest BCUT2D eigenvalue weighted by atomic mass is 32.2. The van der Waals surface area contributed by atoms with Gasteiger partial charge in [0.25, 0.3) is 0 Å². The van der Waals surface area contributed by atoms with Gasteiger partial charge in [-0.2, -0.15) is 0 Å². The molecule has 0 aromatic carbocycles. The Morgan fingerprint density at radius 1 is 1.35 bits per heavy atom. The third-order valence-electron chi connectivity index (χ3n) is 4.30. The van der Waals surface area contributed by atoms with Crippen molar-refractivity contribution in [2.45, 2.75) is 42.5 Å². The molecule has 4 rings (SSSR count). The van der Waals surface area contributed by atoms with Gasteiger partial charge in [0.05, 0.1) is 24.9 Å². The molecule has 2 aliphatic carbocycles. The molecule has 0 radical (unpaired) electrons. The van der Waals surface area contributed by atoms with Gasteiger partial charge in [-0.1, -0.05) is 11.8 Å². The number of amides is 1. The van der Waals surface area contributed by atoms with E-state index >= 15 is 0 Å². The van der Waals surface area contributed by atoms with Crippen molar-refractivity contribution in [1.82, 2.24) is 25.1 Å². The van der Waals surface area contributed by atoms with Crippen molar-refractivity contribution in [3.63, 3.8) is 0 Å². The number of aliphatic hydroxyl groups is 1. The molecule has 0 unspecified atom stereocenters. The number of nitrogens with zero attached hydrogens (tertiary/aromatic N) is 5. The van der Waals surface area contributed by atoms with Crippen LogP contribution in [0.15, 0.2) is 5.16 Å². The summed E-state index contributed by atoms with van der Waals surface area (Å²) < 4.78 is 1.81. The lowest BCUT2D eigenvalue weighted by molar-refractivity contribution is -0.156. The fraction of sp³-hybridized carbons (Fsp3) is 0.833. The Hall–Kier alpha value is -1.15. The predicted molar refractivity (Wildman–Crippen MR) is 71.1 cm³/mol. The van der Waals surface area contributed by atoms with Gasteiger partial charge in [-0.15, -0.1) is 5.10 Å². The number of carbonyl (C=O) groups is 1. The van der Waals surface area contributed by atoms with Crippen molar-refractivity contribution in [3.05, 3.63) is 0 Å². The number of aromatic nitrogens is 4. The number of likely N-dealkylation sites (tertiary alicyclic amines) is 1. The summed E-state index contributed by atoms with van der Waals surface area (Å²) in [5.41, 5.74) is -0.601. The number of thioether (sulfide) groups is 1. The molecule has 0 bridgehead atoms. The van der Waals surface area contributed by atoms with Gasteiger partial charge >= 0.3 is 0 Å². The quantitative estimate of drug-likeness (QED) is 0.775. The van der Waals surface area contributed by atoms with Crippen LogP contribution in [0.25, 0.3) is 0 Å². The average molecular weight is 295 g/mol. The molecule has 1 aromatic rings. The normalized spacial score (nSPS) is 24.6. The molecule has 1 aliphatic heterocycles. The van der Waals surface area contributed by atoms with Crippen LogP contribution in [0.4, 0.5) is 0 Å². The molecule has 1 aromatic heterocycles. The van der Waals surface area contributed by atoms with Gasteiger partial charge in [0.2, 0.25) is 11.1 Å². The fourth-order valence-corrected chi connectivity index (χ4v) is 3.56. The van der Waals surface area contributed by atoms with Gasteiger partial charge < -0.3 is 10.0 Å². The highest BCUT2D eigenvalue weighted by molar-refractivity contribution is 7.99. The minimum Gasteiger partial charge on any atom is -0.386 e. The van der Waals surface area contributed by atoms with E-state index in [1.54, 1.807) is 4.90 Å². The molecule has 1 amide bonds. The zero-order valence-electron chi connectivity index (χ0n) is 11.1. The maximum atomic E-state index is 12.1. The van der Waals surface area contributed by atoms with Crippen LogP contribution in [0.3, 0.4) is 0 Å². The largest absolute Gasteiger partial charge is 0.386 e. The Kier molecular flexibility index (Phi) is 2.78. The van der Waals surface area contributed by atoms with Crippen LogP contribution in [0, 0.1) is 5.92 Å². The summed E-state index contributed by atoms with van der Waals surface area (Å²) in [6.07, 6.45) is 4.44. The Balaban J connectivity index is 1.29. The molecule has 108 valence electrons. The van der Waals surface area contributed by atoms with E-state index in [0.29, 0.717) is 30.8 Å². The maximum absolute atomic E-state index is 12.1. The van der Waals surface area contributed by atoms with E-state index in [0.717, 1.165) is 30.8 Å². The summed E-state index contributed by atoms with van der Waals surface area (Å²) in [6, 6.07) is 0.423. The van der Waals surface area contributed by atoms with Crippen molar-refractivity contribution in [1.29, 1.82) is 0 Å². The Labute approximate surface area is 120 Å². The van der Waals surface area contributed by atoms with E-state index in [4.69, 9.17) is 0 Å². The highest BCUT2D eigenvalue weighted by Crippen LogP contribution is 2.44. The first-order chi connectivity index (χ1) is 9.66. The Bertz CT molecular complexity index is 534. The third-order valence-corrected chi connectivity index (χ3v) is 5.22. The van der Waals surface area contributed by atoms with Gasteiger partial charge in [-0.25, -0.2) is 4.68 Å². The lowest BCUT2D eigenvalue weighted by Crippen LogP contribution is -2.65. The van der Waals surface area contributed by atoms with Crippen molar-refractivity contribution >= 4 is 17.7 Å². The van der Waals surface area contributed by atoms with Gasteiger partial charge in [0.15, 0.2) is 0 Å². The van der Waals surface area contributed by atoms with Gasteiger partial charge in [0, 0.05) is 0 Å². The summed E-state index contributed by atoms with van der Waals surface area (Å²) in [5, 5.41) is 22.5. The smallest absolute Gasteiger partial charge is 0.233 e. The fourth-order valence-electron chi connectivity index (χ4n) is 2.72. The zero-order valence-corrected chi connectivity index (χ0v) is 11.9. The molecular formula is C12H17N5O2S. The first-order valence-corrected chi connectivity index (χ1v) is 8.05. The van der Waals surface area contributed by atoms with E-state index in [2.05, 4.69) is 15.5 Å². The predicted octanol–water partition coefficient (Wildman–Crippen LogP) is 0.0834. The summed E-state index contributed by atoms with van der Waals surface area (Å²) in [6.45, 7) is 0.981. The van der Waals surface area contributed by atoms with Crippen LogP contribution in [0.2, 0.25) is 0 Å². The molecule has 1 saturated heterocycles. The molecule has 20 heavy (non-hydrogen) atoms. The lowest BCUT2D eigenvalue weighted by Gasteiger charge is -2.47. The van der Waals surface area contributed by atoms with E-state index < -0.39 is 5.60 Å². The second-order valence-corrected chi connectivity index (χ2v) is 7.00. The van der Waals surface area contributed by atoms with Gasteiger partial charge in [-0.05, 0) is 42.0 Å². The van der Waals surface area contributed by atoms with Crippen LogP contribution >= 0.6 is 11.8 Å². The molecule has 8 heteroatoms. The SMILES string of the molecule is O=C(CSc1nnnn1C1CC1)N1CC(O)(C2CC2)C1. The number of rotatable bonds is 5. The monoisotopic (exact) mass is 295 g/mol. The summed E-state index contributed by atoms with van der Waals surface area (Å²) in [7, 11) is 0. The van der Waals surface area contributed by atoms with Crippen LogP contribution < -0.4 is 0 Å². The second-order valence-electron chi connectivity index (χ2n) is 6.05. The maximum Gasteiger partial charge on any atom is 0.233 e. The number of β-amino-alcohol motifs (C(OH)–C–C–N with tert-alkyl or cyclic N) is 1. The van der Waals surface area contributed by atoms with Crippen molar-refractivity contribution in [3.8, 4) is 0 Å². The molecule has 7 nitrogen and oxygen atoms in total. The van der Waals surface area contributed by atoms with Crippen molar-refractivity contribution < 1.29 is 9.90 Å². The Morgan fingerprint density at radius 2 is 2.10 bits per heavy atom. The van der Waals surface area contributed by atoms with E-state index in [1.165, 1.54) is 11.8 Å². The topological polar surface area (TPSA) is 84.1 Å². The number of tetrazole rings is 1. The molecule has 2 heterocycles.